The van der Waals surface area contributed by atoms with E-state index in [-0.39, 0.29) is 0 Å². The van der Waals surface area contributed by atoms with Crippen LogP contribution >= 0.6 is 0 Å². The maximum Gasteiger partial charge on any atom is 0.303 e. The molecule has 0 saturated carbocycles. The molecule has 0 aromatic rings. The molecule has 0 heterocycles. The zero-order chi connectivity index (χ0) is 10.8. The van der Waals surface area contributed by atoms with Crippen LogP contribution in [0.4, 0.5) is 0 Å². The van der Waals surface area contributed by atoms with Crippen molar-refractivity contribution in [3.05, 3.63) is 0 Å². The van der Waals surface area contributed by atoms with Gasteiger partial charge in [-0.15, -0.1) is 0 Å². The van der Waals surface area contributed by atoms with Crippen LogP contribution in [0, 0.1) is 0 Å². The van der Waals surface area contributed by atoms with E-state index in [0.29, 0.717) is 12.5 Å². The maximum absolute atomic E-state index is 10.2. The van der Waals surface area contributed by atoms with Crippen molar-refractivity contribution in [1.29, 1.82) is 0 Å². The first-order chi connectivity index (χ1) is 6.66. The Morgan fingerprint density at radius 3 is 2.50 bits per heavy atom. The molecule has 1 atom stereocenters. The second kappa shape index (κ2) is 9.00. The van der Waals surface area contributed by atoms with Crippen LogP contribution in [-0.4, -0.2) is 23.7 Å². The highest BCUT2D eigenvalue weighted by Gasteiger charge is 1.98. The molecule has 0 rings (SSSR count). The van der Waals surface area contributed by atoms with Crippen LogP contribution < -0.4 is 5.32 Å². The minimum Gasteiger partial charge on any atom is -0.481 e. The van der Waals surface area contributed by atoms with E-state index in [4.69, 9.17) is 5.11 Å². The van der Waals surface area contributed by atoms with Crippen LogP contribution in [0.2, 0.25) is 0 Å². The highest BCUT2D eigenvalue weighted by Crippen LogP contribution is 2.02. The number of carbonyl (C=O) groups is 1. The third-order valence-electron chi connectivity index (χ3n) is 2.42. The highest BCUT2D eigenvalue weighted by molar-refractivity contribution is 5.66. The topological polar surface area (TPSA) is 49.3 Å². The van der Waals surface area contributed by atoms with Gasteiger partial charge in [0.2, 0.25) is 0 Å². The normalized spacial score (nSPS) is 12.7. The molecular weight excluding hydrogens is 178 g/mol. The lowest BCUT2D eigenvalue weighted by Crippen LogP contribution is -2.25. The first-order valence-corrected chi connectivity index (χ1v) is 5.62. The Hall–Kier alpha value is -0.570. The predicted molar refractivity (Wildman–Crippen MR) is 58.5 cm³/mol. The lowest BCUT2D eigenvalue weighted by Gasteiger charge is -2.10. The van der Waals surface area contributed by atoms with Gasteiger partial charge < -0.3 is 10.4 Å². The summed E-state index contributed by atoms with van der Waals surface area (Å²) in [6, 6.07) is 0.606. The summed E-state index contributed by atoms with van der Waals surface area (Å²) in [5, 5.41) is 11.8. The van der Waals surface area contributed by atoms with E-state index in [9.17, 15) is 4.79 Å². The van der Waals surface area contributed by atoms with Crippen molar-refractivity contribution >= 4 is 5.97 Å². The molecule has 0 aromatic heterocycles. The molecule has 0 saturated heterocycles. The SMILES string of the molecule is CCC(C)NCCCCCCC(=O)O. The van der Waals surface area contributed by atoms with E-state index in [2.05, 4.69) is 19.2 Å². The number of carboxylic acids is 1. The fourth-order valence-electron chi connectivity index (χ4n) is 1.25. The van der Waals surface area contributed by atoms with Gasteiger partial charge >= 0.3 is 5.97 Å². The first-order valence-electron chi connectivity index (χ1n) is 5.62. The van der Waals surface area contributed by atoms with Crippen LogP contribution in [-0.2, 0) is 4.79 Å². The number of unbranched alkanes of at least 4 members (excludes halogenated alkanes) is 3. The van der Waals surface area contributed by atoms with Crippen LogP contribution in [0.1, 0.15) is 52.4 Å². The zero-order valence-electron chi connectivity index (χ0n) is 9.38. The summed E-state index contributed by atoms with van der Waals surface area (Å²) in [4.78, 5) is 10.2. The zero-order valence-corrected chi connectivity index (χ0v) is 9.38. The molecule has 0 fully saturated rings. The summed E-state index contributed by atoms with van der Waals surface area (Å²) in [6.07, 6.45) is 5.63. The summed E-state index contributed by atoms with van der Waals surface area (Å²) in [5.41, 5.74) is 0. The molecule has 0 aliphatic rings. The van der Waals surface area contributed by atoms with Crippen LogP contribution in [0.25, 0.3) is 0 Å². The fraction of sp³-hybridized carbons (Fsp3) is 0.909. The summed E-state index contributed by atoms with van der Waals surface area (Å²) in [5.74, 6) is -0.678. The number of nitrogens with one attached hydrogen (secondary N) is 1. The Morgan fingerprint density at radius 2 is 1.93 bits per heavy atom. The average Bonchev–Trinajstić information content (AvgIpc) is 2.15. The van der Waals surface area contributed by atoms with Crippen molar-refractivity contribution in [2.45, 2.75) is 58.4 Å². The van der Waals surface area contributed by atoms with Gasteiger partial charge in [0, 0.05) is 12.5 Å². The summed E-state index contributed by atoms with van der Waals surface area (Å²) >= 11 is 0. The molecule has 0 aliphatic heterocycles. The molecule has 3 nitrogen and oxygen atoms in total. The Bertz CT molecular complexity index is 148. The smallest absolute Gasteiger partial charge is 0.303 e. The molecule has 0 bridgehead atoms. The largest absolute Gasteiger partial charge is 0.481 e. The minimum absolute atomic E-state index is 0.318. The van der Waals surface area contributed by atoms with Crippen LogP contribution in [0.5, 0.6) is 0 Å². The van der Waals surface area contributed by atoms with Crippen molar-refractivity contribution in [2.24, 2.45) is 0 Å². The molecule has 84 valence electrons. The maximum atomic E-state index is 10.2. The number of aliphatic carboxylic acids is 1. The van der Waals surface area contributed by atoms with E-state index in [1.165, 1.54) is 6.42 Å². The van der Waals surface area contributed by atoms with E-state index >= 15 is 0 Å². The van der Waals surface area contributed by atoms with Crippen molar-refractivity contribution in [3.63, 3.8) is 0 Å². The molecule has 0 amide bonds. The van der Waals surface area contributed by atoms with Gasteiger partial charge in [-0.3, -0.25) is 4.79 Å². The van der Waals surface area contributed by atoms with E-state index < -0.39 is 5.97 Å². The van der Waals surface area contributed by atoms with E-state index in [0.717, 1.165) is 32.2 Å². The highest BCUT2D eigenvalue weighted by atomic mass is 16.4. The Kier molecular flexibility index (Phi) is 8.64. The number of carboxylic acid groups (broad SMARTS) is 1. The van der Waals surface area contributed by atoms with Crippen LogP contribution in [0.3, 0.4) is 0 Å². The molecule has 0 aliphatic carbocycles. The van der Waals surface area contributed by atoms with Gasteiger partial charge in [0.15, 0.2) is 0 Å². The van der Waals surface area contributed by atoms with Gasteiger partial charge in [0.05, 0.1) is 0 Å². The Labute approximate surface area is 86.9 Å². The summed E-state index contributed by atoms with van der Waals surface area (Å²) in [7, 11) is 0. The van der Waals surface area contributed by atoms with Crippen molar-refractivity contribution in [1.82, 2.24) is 5.32 Å². The fourth-order valence-corrected chi connectivity index (χ4v) is 1.25. The van der Waals surface area contributed by atoms with Gasteiger partial charge in [0.1, 0.15) is 0 Å². The third kappa shape index (κ3) is 9.52. The molecule has 3 heteroatoms. The standard InChI is InChI=1S/C11H23NO2/c1-3-10(2)12-9-7-5-4-6-8-11(13)14/h10,12H,3-9H2,1-2H3,(H,13,14). The van der Waals surface area contributed by atoms with Gasteiger partial charge in [-0.1, -0.05) is 19.8 Å². The van der Waals surface area contributed by atoms with E-state index in [1.54, 1.807) is 0 Å². The number of hydrogen-bond acceptors (Lipinski definition) is 2. The second-order valence-corrected chi connectivity index (χ2v) is 3.82. The molecule has 0 radical (unpaired) electrons. The average molecular weight is 201 g/mol. The van der Waals surface area contributed by atoms with Gasteiger partial charge in [0.25, 0.3) is 0 Å². The molecule has 0 spiro atoms. The number of rotatable bonds is 9. The lowest BCUT2D eigenvalue weighted by molar-refractivity contribution is -0.137. The Balaban J connectivity index is 3.02. The minimum atomic E-state index is -0.678. The molecule has 2 N–H and O–H groups in total. The first kappa shape index (κ1) is 13.4. The van der Waals surface area contributed by atoms with Crippen molar-refractivity contribution < 1.29 is 9.90 Å². The second-order valence-electron chi connectivity index (χ2n) is 3.82. The molecule has 1 unspecified atom stereocenters. The third-order valence-corrected chi connectivity index (χ3v) is 2.42. The summed E-state index contributed by atoms with van der Waals surface area (Å²) in [6.45, 7) is 5.41. The number of hydrogen-bond donors (Lipinski definition) is 2. The Morgan fingerprint density at radius 1 is 1.29 bits per heavy atom. The quantitative estimate of drug-likeness (QED) is 0.563. The van der Waals surface area contributed by atoms with Crippen molar-refractivity contribution in [3.8, 4) is 0 Å². The molecule has 14 heavy (non-hydrogen) atoms. The predicted octanol–water partition coefficient (Wildman–Crippen LogP) is 2.41. The van der Waals surface area contributed by atoms with Gasteiger partial charge in [-0.05, 0) is 32.7 Å². The van der Waals surface area contributed by atoms with Crippen LogP contribution in [0.15, 0.2) is 0 Å². The van der Waals surface area contributed by atoms with Gasteiger partial charge in [-0.25, -0.2) is 0 Å². The molecular formula is C11H23NO2. The van der Waals surface area contributed by atoms with Crippen molar-refractivity contribution in [2.75, 3.05) is 6.54 Å². The van der Waals surface area contributed by atoms with Gasteiger partial charge in [-0.2, -0.15) is 0 Å². The van der Waals surface area contributed by atoms with E-state index in [1.807, 2.05) is 0 Å². The monoisotopic (exact) mass is 201 g/mol. The lowest BCUT2D eigenvalue weighted by atomic mass is 10.1. The summed E-state index contributed by atoms with van der Waals surface area (Å²) < 4.78 is 0. The molecule has 0 aromatic carbocycles.